The Bertz CT molecular complexity index is 347. The Labute approximate surface area is 104 Å². The predicted octanol–water partition coefficient (Wildman–Crippen LogP) is 1.24. The fourth-order valence-electron chi connectivity index (χ4n) is 3.07. The van der Waals surface area contributed by atoms with Crippen LogP contribution in [0.3, 0.4) is 0 Å². The molecule has 2 fully saturated rings. The van der Waals surface area contributed by atoms with Gasteiger partial charge in [0.15, 0.2) is 9.84 Å². The summed E-state index contributed by atoms with van der Waals surface area (Å²) in [4.78, 5) is 0. The second kappa shape index (κ2) is 5.24. The zero-order valence-electron chi connectivity index (χ0n) is 10.4. The first-order valence-electron chi connectivity index (χ1n) is 6.64. The highest BCUT2D eigenvalue weighted by atomic mass is 32.2. The molecule has 1 unspecified atom stereocenters. The van der Waals surface area contributed by atoms with E-state index in [1.54, 1.807) is 0 Å². The molecule has 2 aliphatic rings. The molecule has 1 saturated carbocycles. The van der Waals surface area contributed by atoms with Crippen LogP contribution in [-0.4, -0.2) is 38.2 Å². The lowest BCUT2D eigenvalue weighted by Gasteiger charge is -2.23. The summed E-state index contributed by atoms with van der Waals surface area (Å²) in [6.45, 7) is 0.439. The van der Waals surface area contributed by atoms with E-state index in [-0.39, 0.29) is 23.2 Å². The van der Waals surface area contributed by atoms with Gasteiger partial charge in [-0.2, -0.15) is 0 Å². The molecule has 5 heteroatoms. The van der Waals surface area contributed by atoms with Crippen molar-refractivity contribution in [1.82, 2.24) is 0 Å². The van der Waals surface area contributed by atoms with Gasteiger partial charge in [-0.1, -0.05) is 12.8 Å². The predicted molar refractivity (Wildman–Crippen MR) is 67.6 cm³/mol. The van der Waals surface area contributed by atoms with Crippen LogP contribution < -0.4 is 5.73 Å². The molecule has 0 aromatic heterocycles. The summed E-state index contributed by atoms with van der Waals surface area (Å²) in [5.74, 6) is 0.394. The molecule has 2 N–H and O–H groups in total. The summed E-state index contributed by atoms with van der Waals surface area (Å²) >= 11 is 0. The quantitative estimate of drug-likeness (QED) is 0.808. The van der Waals surface area contributed by atoms with Gasteiger partial charge < -0.3 is 10.5 Å². The summed E-state index contributed by atoms with van der Waals surface area (Å²) in [5.41, 5.74) is 5.38. The minimum Gasteiger partial charge on any atom is -0.371 e. The summed E-state index contributed by atoms with van der Waals surface area (Å²) in [5, 5.41) is 0. The maximum atomic E-state index is 11.8. The standard InChI is InChI=1S/C12H23NO3S/c13-8-3-9-17(14,15)10-11-4-7-12(16-11)5-1-2-6-12/h11H,1-10,13H2. The average Bonchev–Trinajstić information content (AvgIpc) is 2.87. The lowest BCUT2D eigenvalue weighted by molar-refractivity contribution is -0.0272. The van der Waals surface area contributed by atoms with Gasteiger partial charge in [0.1, 0.15) is 0 Å². The molecule has 1 spiro atoms. The van der Waals surface area contributed by atoms with E-state index in [9.17, 15) is 8.42 Å². The number of hydrogen-bond acceptors (Lipinski definition) is 4. The average molecular weight is 261 g/mol. The first-order chi connectivity index (χ1) is 8.05. The largest absolute Gasteiger partial charge is 0.371 e. The zero-order chi connectivity index (χ0) is 12.4. The number of sulfone groups is 1. The Morgan fingerprint density at radius 2 is 1.94 bits per heavy atom. The van der Waals surface area contributed by atoms with Crippen molar-refractivity contribution < 1.29 is 13.2 Å². The van der Waals surface area contributed by atoms with Crippen LogP contribution >= 0.6 is 0 Å². The number of hydrogen-bond donors (Lipinski definition) is 1. The van der Waals surface area contributed by atoms with Crippen molar-refractivity contribution in [3.8, 4) is 0 Å². The number of rotatable bonds is 5. The third-order valence-electron chi connectivity index (χ3n) is 3.95. The Morgan fingerprint density at radius 1 is 1.24 bits per heavy atom. The van der Waals surface area contributed by atoms with Gasteiger partial charge in [-0.05, 0) is 38.6 Å². The van der Waals surface area contributed by atoms with Gasteiger partial charge in [-0.25, -0.2) is 8.42 Å². The molecular weight excluding hydrogens is 238 g/mol. The van der Waals surface area contributed by atoms with E-state index in [0.717, 1.165) is 25.7 Å². The van der Waals surface area contributed by atoms with Crippen LogP contribution in [0.1, 0.15) is 44.9 Å². The lowest BCUT2D eigenvalue weighted by Crippen LogP contribution is -2.29. The molecule has 0 aromatic carbocycles. The van der Waals surface area contributed by atoms with E-state index in [1.165, 1.54) is 12.8 Å². The SMILES string of the molecule is NCCCS(=O)(=O)CC1CCC2(CCCC2)O1. The molecule has 1 heterocycles. The highest BCUT2D eigenvalue weighted by molar-refractivity contribution is 7.91. The maximum Gasteiger partial charge on any atom is 0.152 e. The minimum absolute atomic E-state index is 0.0358. The van der Waals surface area contributed by atoms with Crippen LogP contribution in [0.4, 0.5) is 0 Å². The topological polar surface area (TPSA) is 69.4 Å². The minimum atomic E-state index is -2.98. The molecule has 4 nitrogen and oxygen atoms in total. The fourth-order valence-corrected chi connectivity index (χ4v) is 4.64. The smallest absolute Gasteiger partial charge is 0.152 e. The van der Waals surface area contributed by atoms with Crippen molar-refractivity contribution in [2.45, 2.75) is 56.7 Å². The van der Waals surface area contributed by atoms with Crippen LogP contribution in [-0.2, 0) is 14.6 Å². The maximum absolute atomic E-state index is 11.8. The second-order valence-corrected chi connectivity index (χ2v) is 7.65. The third kappa shape index (κ3) is 3.42. The third-order valence-corrected chi connectivity index (χ3v) is 5.74. The molecule has 0 aromatic rings. The Kier molecular flexibility index (Phi) is 4.10. The fraction of sp³-hybridized carbons (Fsp3) is 1.00. The van der Waals surface area contributed by atoms with E-state index < -0.39 is 9.84 Å². The van der Waals surface area contributed by atoms with Gasteiger partial charge in [0, 0.05) is 0 Å². The van der Waals surface area contributed by atoms with Crippen molar-refractivity contribution in [2.75, 3.05) is 18.1 Å². The monoisotopic (exact) mass is 261 g/mol. The van der Waals surface area contributed by atoms with Crippen molar-refractivity contribution >= 4 is 9.84 Å². The summed E-state index contributed by atoms with van der Waals surface area (Å²) in [6, 6.07) is 0. The summed E-state index contributed by atoms with van der Waals surface area (Å²) in [7, 11) is -2.98. The van der Waals surface area contributed by atoms with E-state index in [4.69, 9.17) is 10.5 Å². The van der Waals surface area contributed by atoms with E-state index in [0.29, 0.717) is 13.0 Å². The van der Waals surface area contributed by atoms with Gasteiger partial charge in [0.25, 0.3) is 0 Å². The van der Waals surface area contributed by atoms with Crippen LogP contribution in [0.5, 0.6) is 0 Å². The molecule has 0 radical (unpaired) electrons. The molecule has 100 valence electrons. The van der Waals surface area contributed by atoms with Crippen molar-refractivity contribution in [1.29, 1.82) is 0 Å². The number of nitrogens with two attached hydrogens (primary N) is 1. The Balaban J connectivity index is 1.85. The van der Waals surface area contributed by atoms with Crippen LogP contribution in [0.15, 0.2) is 0 Å². The van der Waals surface area contributed by atoms with Gasteiger partial charge in [0.2, 0.25) is 0 Å². The first kappa shape index (κ1) is 13.3. The van der Waals surface area contributed by atoms with Gasteiger partial charge >= 0.3 is 0 Å². The molecule has 1 atom stereocenters. The second-order valence-electron chi connectivity index (χ2n) is 5.43. The Morgan fingerprint density at radius 3 is 2.59 bits per heavy atom. The van der Waals surface area contributed by atoms with Gasteiger partial charge in [-0.15, -0.1) is 0 Å². The van der Waals surface area contributed by atoms with E-state index >= 15 is 0 Å². The molecule has 2 rings (SSSR count). The Hall–Kier alpha value is -0.130. The summed E-state index contributed by atoms with van der Waals surface area (Å²) in [6.07, 6.45) is 7.13. The number of ether oxygens (including phenoxy) is 1. The van der Waals surface area contributed by atoms with Crippen molar-refractivity contribution in [3.05, 3.63) is 0 Å². The molecule has 0 bridgehead atoms. The molecule has 17 heavy (non-hydrogen) atoms. The molecule has 1 saturated heterocycles. The first-order valence-corrected chi connectivity index (χ1v) is 8.46. The van der Waals surface area contributed by atoms with E-state index in [2.05, 4.69) is 0 Å². The normalized spacial score (nSPS) is 27.9. The molecule has 0 amide bonds. The van der Waals surface area contributed by atoms with Crippen molar-refractivity contribution in [3.63, 3.8) is 0 Å². The molecular formula is C12H23NO3S. The van der Waals surface area contributed by atoms with Crippen LogP contribution in [0.25, 0.3) is 0 Å². The van der Waals surface area contributed by atoms with Gasteiger partial charge in [-0.3, -0.25) is 0 Å². The molecule has 1 aliphatic carbocycles. The summed E-state index contributed by atoms with van der Waals surface area (Å²) < 4.78 is 29.6. The highest BCUT2D eigenvalue weighted by Gasteiger charge is 2.43. The highest BCUT2D eigenvalue weighted by Crippen LogP contribution is 2.43. The lowest BCUT2D eigenvalue weighted by atomic mass is 9.98. The molecule has 1 aliphatic heterocycles. The zero-order valence-corrected chi connectivity index (χ0v) is 11.2. The van der Waals surface area contributed by atoms with Crippen LogP contribution in [0.2, 0.25) is 0 Å². The van der Waals surface area contributed by atoms with Crippen molar-refractivity contribution in [2.24, 2.45) is 5.73 Å². The van der Waals surface area contributed by atoms with Gasteiger partial charge in [0.05, 0.1) is 23.2 Å². The van der Waals surface area contributed by atoms with E-state index in [1.807, 2.05) is 0 Å². The van der Waals surface area contributed by atoms with Crippen LogP contribution in [0, 0.1) is 0 Å².